The smallest absolute Gasteiger partial charge is 0.240 e. The molecular formula is C15H23BrN2O3S. The molecule has 1 aromatic rings. The van der Waals surface area contributed by atoms with Crippen molar-refractivity contribution in [1.29, 1.82) is 0 Å². The van der Waals surface area contributed by atoms with E-state index in [9.17, 15) is 8.42 Å². The molecule has 1 aromatic carbocycles. The largest absolute Gasteiger partial charge is 0.384 e. The molecule has 2 N–H and O–H groups in total. The molecule has 0 unspecified atom stereocenters. The molecule has 2 rings (SSSR count). The highest BCUT2D eigenvalue weighted by molar-refractivity contribution is 9.10. The summed E-state index contributed by atoms with van der Waals surface area (Å²) in [6.45, 7) is 4.55. The first kappa shape index (κ1) is 17.9. The number of ether oxygens (including phenoxy) is 1. The Kier molecular flexibility index (Phi) is 6.01. The summed E-state index contributed by atoms with van der Waals surface area (Å²) in [5.41, 5.74) is 0.606. The lowest BCUT2D eigenvalue weighted by Crippen LogP contribution is -2.47. The van der Waals surface area contributed by atoms with Crippen LogP contribution in [0, 0.1) is 12.3 Å². The number of nitrogens with one attached hydrogen (secondary N) is 2. The van der Waals surface area contributed by atoms with Crippen molar-refractivity contribution in [1.82, 2.24) is 10.0 Å². The summed E-state index contributed by atoms with van der Waals surface area (Å²) in [6, 6.07) is 5.28. The van der Waals surface area contributed by atoms with Crippen molar-refractivity contribution in [3.05, 3.63) is 28.2 Å². The van der Waals surface area contributed by atoms with Gasteiger partial charge in [0, 0.05) is 23.5 Å². The van der Waals surface area contributed by atoms with E-state index in [1.807, 2.05) is 6.07 Å². The van der Waals surface area contributed by atoms with E-state index in [0.29, 0.717) is 18.0 Å². The van der Waals surface area contributed by atoms with E-state index in [4.69, 9.17) is 4.74 Å². The molecule has 0 bridgehead atoms. The first-order valence-electron chi connectivity index (χ1n) is 7.34. The first-order valence-corrected chi connectivity index (χ1v) is 9.62. The number of hydrogen-bond donors (Lipinski definition) is 2. The Morgan fingerprint density at radius 1 is 1.36 bits per heavy atom. The molecule has 22 heavy (non-hydrogen) atoms. The van der Waals surface area contributed by atoms with Gasteiger partial charge in [-0.05, 0) is 50.6 Å². The third kappa shape index (κ3) is 4.29. The van der Waals surface area contributed by atoms with Crippen LogP contribution in [0.15, 0.2) is 27.6 Å². The lowest BCUT2D eigenvalue weighted by molar-refractivity contribution is 0.0577. The lowest BCUT2D eigenvalue weighted by atomic mass is 9.80. The van der Waals surface area contributed by atoms with E-state index in [1.165, 1.54) is 0 Å². The zero-order chi connectivity index (χ0) is 16.2. The van der Waals surface area contributed by atoms with Gasteiger partial charge in [0.2, 0.25) is 10.0 Å². The van der Waals surface area contributed by atoms with Gasteiger partial charge in [-0.1, -0.05) is 22.0 Å². The lowest BCUT2D eigenvalue weighted by Gasteiger charge is -2.37. The van der Waals surface area contributed by atoms with Crippen LogP contribution in [0.5, 0.6) is 0 Å². The minimum Gasteiger partial charge on any atom is -0.384 e. The molecule has 1 heterocycles. The molecule has 0 aromatic heterocycles. The third-order valence-electron chi connectivity index (χ3n) is 4.19. The Morgan fingerprint density at radius 3 is 2.68 bits per heavy atom. The number of piperidine rings is 1. The van der Waals surface area contributed by atoms with E-state index in [0.717, 1.165) is 36.0 Å². The van der Waals surface area contributed by atoms with Crippen LogP contribution >= 0.6 is 15.9 Å². The molecular weight excluding hydrogens is 368 g/mol. The number of rotatable bonds is 6. The summed E-state index contributed by atoms with van der Waals surface area (Å²) in [5.74, 6) is 0. The Hall–Kier alpha value is -0.470. The van der Waals surface area contributed by atoms with E-state index >= 15 is 0 Å². The van der Waals surface area contributed by atoms with Gasteiger partial charge in [-0.2, -0.15) is 0 Å². The van der Waals surface area contributed by atoms with Crippen molar-refractivity contribution < 1.29 is 13.2 Å². The number of halogens is 1. The first-order chi connectivity index (χ1) is 10.4. The van der Waals surface area contributed by atoms with Gasteiger partial charge in [0.1, 0.15) is 0 Å². The molecule has 1 aliphatic rings. The maximum absolute atomic E-state index is 12.6. The van der Waals surface area contributed by atoms with E-state index in [2.05, 4.69) is 26.0 Å². The Balaban J connectivity index is 2.15. The highest BCUT2D eigenvalue weighted by Gasteiger charge is 2.33. The number of hydrogen-bond acceptors (Lipinski definition) is 4. The Bertz CT molecular complexity index is 608. The number of sulfonamides is 1. The van der Waals surface area contributed by atoms with Crippen LogP contribution < -0.4 is 10.0 Å². The van der Waals surface area contributed by atoms with Gasteiger partial charge in [-0.15, -0.1) is 0 Å². The van der Waals surface area contributed by atoms with Crippen LogP contribution in [0.2, 0.25) is 0 Å². The molecule has 0 aliphatic carbocycles. The van der Waals surface area contributed by atoms with Gasteiger partial charge in [0.15, 0.2) is 0 Å². The fourth-order valence-corrected chi connectivity index (χ4v) is 4.76. The topological polar surface area (TPSA) is 67.4 Å². The molecule has 1 fully saturated rings. The van der Waals surface area contributed by atoms with Gasteiger partial charge >= 0.3 is 0 Å². The minimum absolute atomic E-state index is 0.132. The van der Waals surface area contributed by atoms with Gasteiger partial charge in [-0.25, -0.2) is 13.1 Å². The number of aryl methyl sites for hydroxylation is 1. The highest BCUT2D eigenvalue weighted by atomic mass is 79.9. The van der Waals surface area contributed by atoms with Gasteiger partial charge < -0.3 is 10.1 Å². The second-order valence-electron chi connectivity index (χ2n) is 5.92. The Labute approximate surface area is 141 Å². The molecule has 0 amide bonds. The van der Waals surface area contributed by atoms with Crippen LogP contribution in [0.25, 0.3) is 0 Å². The zero-order valence-corrected chi connectivity index (χ0v) is 15.4. The molecule has 1 aliphatic heterocycles. The van der Waals surface area contributed by atoms with Crippen molar-refractivity contribution in [2.24, 2.45) is 5.41 Å². The van der Waals surface area contributed by atoms with Crippen LogP contribution in [-0.4, -0.2) is 41.8 Å². The van der Waals surface area contributed by atoms with Crippen LogP contribution in [0.1, 0.15) is 18.4 Å². The van der Waals surface area contributed by atoms with E-state index < -0.39 is 10.0 Å². The van der Waals surface area contributed by atoms with Crippen molar-refractivity contribution in [2.75, 3.05) is 33.4 Å². The van der Waals surface area contributed by atoms with Gasteiger partial charge in [0.05, 0.1) is 11.5 Å². The summed E-state index contributed by atoms with van der Waals surface area (Å²) in [4.78, 5) is 0.323. The minimum atomic E-state index is -3.53. The molecule has 7 heteroatoms. The monoisotopic (exact) mass is 390 g/mol. The zero-order valence-electron chi connectivity index (χ0n) is 13.0. The maximum Gasteiger partial charge on any atom is 0.240 e. The van der Waals surface area contributed by atoms with Crippen molar-refractivity contribution in [2.45, 2.75) is 24.7 Å². The van der Waals surface area contributed by atoms with Crippen LogP contribution in [0.3, 0.4) is 0 Å². The SMILES string of the molecule is COCC1(CNS(=O)(=O)c2cc(Br)ccc2C)CCNCC1. The average molecular weight is 391 g/mol. The molecule has 0 spiro atoms. The van der Waals surface area contributed by atoms with Gasteiger partial charge in [0.25, 0.3) is 0 Å². The summed E-state index contributed by atoms with van der Waals surface area (Å²) in [5, 5.41) is 3.30. The standard InChI is InChI=1S/C15H23BrN2O3S/c1-12-3-4-13(16)9-14(12)22(19,20)18-10-15(11-21-2)5-7-17-8-6-15/h3-4,9,17-18H,5-8,10-11H2,1-2H3. The fourth-order valence-electron chi connectivity index (χ4n) is 2.82. The van der Waals surface area contributed by atoms with Crippen molar-refractivity contribution in [3.8, 4) is 0 Å². The van der Waals surface area contributed by atoms with E-state index in [1.54, 1.807) is 26.2 Å². The number of methoxy groups -OCH3 is 1. The predicted octanol–water partition coefficient (Wildman–Crippen LogP) is 2.05. The van der Waals surface area contributed by atoms with Gasteiger partial charge in [-0.3, -0.25) is 0 Å². The molecule has 1 saturated heterocycles. The summed E-state index contributed by atoms with van der Waals surface area (Å²) in [6.07, 6.45) is 1.81. The fraction of sp³-hybridized carbons (Fsp3) is 0.600. The molecule has 124 valence electrons. The molecule has 0 radical (unpaired) electrons. The second-order valence-corrected chi connectivity index (χ2v) is 8.57. The molecule has 5 nitrogen and oxygen atoms in total. The number of benzene rings is 1. The second kappa shape index (κ2) is 7.40. The van der Waals surface area contributed by atoms with Crippen LogP contribution in [-0.2, 0) is 14.8 Å². The summed E-state index contributed by atoms with van der Waals surface area (Å²) < 4.78 is 34.1. The molecule has 0 atom stereocenters. The maximum atomic E-state index is 12.6. The predicted molar refractivity (Wildman–Crippen MR) is 90.5 cm³/mol. The summed E-state index contributed by atoms with van der Waals surface area (Å²) in [7, 11) is -1.86. The van der Waals surface area contributed by atoms with Crippen molar-refractivity contribution in [3.63, 3.8) is 0 Å². The quantitative estimate of drug-likeness (QED) is 0.779. The van der Waals surface area contributed by atoms with E-state index in [-0.39, 0.29) is 5.41 Å². The van der Waals surface area contributed by atoms with Crippen molar-refractivity contribution >= 4 is 26.0 Å². The molecule has 0 saturated carbocycles. The normalized spacial score (nSPS) is 18.3. The summed E-state index contributed by atoms with van der Waals surface area (Å²) >= 11 is 3.33. The average Bonchev–Trinajstić information content (AvgIpc) is 2.49. The highest BCUT2D eigenvalue weighted by Crippen LogP contribution is 2.29. The third-order valence-corrected chi connectivity index (χ3v) is 6.23. The van der Waals surface area contributed by atoms with Crippen LogP contribution in [0.4, 0.5) is 0 Å². The Morgan fingerprint density at radius 2 is 2.05 bits per heavy atom.